The molecule has 1 aliphatic rings. The molecule has 0 saturated carbocycles. The number of carbonyl (C=O) groups excluding carboxylic acids is 5. The second kappa shape index (κ2) is 39.4. The highest BCUT2D eigenvalue weighted by molar-refractivity contribution is 6.66. The van der Waals surface area contributed by atoms with Gasteiger partial charge in [-0.05, 0) is 115 Å². The number of unbranched alkanes of at least 4 members (excludes halogenated alkanes) is 4. The van der Waals surface area contributed by atoms with Crippen LogP contribution in [0.4, 0.5) is 13.2 Å². The summed E-state index contributed by atoms with van der Waals surface area (Å²) < 4.78 is 48.3. The number of phenolic OH excluding ortho intramolecular Hbond substituents is 2. The Hall–Kier alpha value is -5.17. The lowest BCUT2D eigenvalue weighted by atomic mass is 9.73. The largest absolute Gasteiger partial charge is 0.508 e. The van der Waals surface area contributed by atoms with Gasteiger partial charge in [0.2, 0.25) is 17.1 Å². The normalized spacial score (nSPS) is 14.7. The number of esters is 2. The SMILES string of the molecule is C.C.C.C.C.C.C.C.CCCCCCc1ccc(/C=C/C(=O)Cl)cc1.CCCCOC(=O)C(CC(CC)C(=O)OCC(F)(F)F)CC(c1ccc(O)cc1)C1C(=O)N(CCc2ccc(O)cc2)C(=O)C1C. The van der Waals surface area contributed by atoms with E-state index in [4.69, 9.17) is 16.3 Å². The summed E-state index contributed by atoms with van der Waals surface area (Å²) in [5.74, 6) is -7.00. The van der Waals surface area contributed by atoms with Gasteiger partial charge in [-0.25, -0.2) is 0 Å². The Morgan fingerprint density at radius 3 is 1.69 bits per heavy atom. The van der Waals surface area contributed by atoms with Crippen LogP contribution >= 0.6 is 11.6 Å². The Kier molecular flexibility index (Phi) is 42.9. The number of aryl methyl sites for hydroxylation is 1. The molecule has 5 atom stereocenters. The van der Waals surface area contributed by atoms with Crippen LogP contribution in [0.1, 0.15) is 173 Å². The van der Waals surface area contributed by atoms with E-state index in [1.54, 1.807) is 44.2 Å². The van der Waals surface area contributed by atoms with Crippen LogP contribution in [0.2, 0.25) is 0 Å². The summed E-state index contributed by atoms with van der Waals surface area (Å²) in [5, 5.41) is 19.1. The molecule has 71 heavy (non-hydrogen) atoms. The number of carbonyl (C=O) groups is 5. The Morgan fingerprint density at radius 2 is 1.18 bits per heavy atom. The molecule has 1 aliphatic heterocycles. The smallest absolute Gasteiger partial charge is 0.422 e. The first-order valence-electron chi connectivity index (χ1n) is 21.8. The van der Waals surface area contributed by atoms with Crippen molar-refractivity contribution in [1.82, 2.24) is 4.90 Å². The van der Waals surface area contributed by atoms with E-state index >= 15 is 0 Å². The zero-order valence-electron chi connectivity index (χ0n) is 36.6. The van der Waals surface area contributed by atoms with E-state index in [9.17, 15) is 47.4 Å². The van der Waals surface area contributed by atoms with Gasteiger partial charge in [0, 0.05) is 12.5 Å². The molecule has 0 spiro atoms. The lowest BCUT2D eigenvalue weighted by Gasteiger charge is -2.29. The molecule has 4 rings (SSSR count). The van der Waals surface area contributed by atoms with Gasteiger partial charge in [-0.2, -0.15) is 13.2 Å². The number of aromatic hydroxyl groups is 2. The van der Waals surface area contributed by atoms with Crippen molar-refractivity contribution in [2.45, 2.75) is 170 Å². The number of phenols is 2. The monoisotopic (exact) mass is 1030 g/mol. The van der Waals surface area contributed by atoms with Gasteiger partial charge in [-0.1, -0.05) is 167 Å². The highest BCUT2D eigenvalue weighted by Crippen LogP contribution is 2.43. The zero-order valence-corrected chi connectivity index (χ0v) is 37.3. The van der Waals surface area contributed by atoms with Gasteiger partial charge in [0.1, 0.15) is 11.5 Å². The molecule has 1 saturated heterocycles. The van der Waals surface area contributed by atoms with Crippen molar-refractivity contribution in [2.75, 3.05) is 19.8 Å². The maximum Gasteiger partial charge on any atom is 0.422 e. The number of alkyl halides is 3. The van der Waals surface area contributed by atoms with Crippen LogP contribution < -0.4 is 0 Å². The maximum atomic E-state index is 13.9. The molecule has 0 aliphatic carbocycles. The Morgan fingerprint density at radius 1 is 0.676 bits per heavy atom. The van der Waals surface area contributed by atoms with Crippen molar-refractivity contribution < 1.29 is 56.8 Å². The summed E-state index contributed by atoms with van der Waals surface area (Å²) in [6.07, 6.45) is 6.23. The number of rotatable bonds is 23. The molecule has 1 fully saturated rings. The van der Waals surface area contributed by atoms with E-state index in [0.717, 1.165) is 24.0 Å². The van der Waals surface area contributed by atoms with Gasteiger partial charge in [0.15, 0.2) is 6.61 Å². The number of benzene rings is 3. The van der Waals surface area contributed by atoms with E-state index < -0.39 is 65.5 Å². The summed E-state index contributed by atoms with van der Waals surface area (Å²) in [4.78, 5) is 65.2. The molecular weight excluding hydrogens is 935 g/mol. The van der Waals surface area contributed by atoms with Crippen molar-refractivity contribution in [3.05, 3.63) is 101 Å². The first-order valence-corrected chi connectivity index (χ1v) is 22.1. The molecule has 0 bridgehead atoms. The van der Waals surface area contributed by atoms with E-state index in [2.05, 4.69) is 23.8 Å². The lowest BCUT2D eigenvalue weighted by molar-refractivity contribution is -0.189. The maximum absolute atomic E-state index is 13.9. The Balaban J connectivity index is -0.000000363. The number of hydrogen-bond donors (Lipinski definition) is 2. The minimum atomic E-state index is -4.71. The standard InChI is InChI=1S/C34H42F3NO8.C15H19ClO.8CH4/c1-4-6-17-45-33(44)25(18-23(5-2)32(43)46-20-34(35,36)37)19-28(24-9-13-27(40)14-10-24)29-21(3)30(41)38(31(29)42)16-15-22-7-11-26(39)12-8-22;1-2-3-4-5-6-13-7-9-14(10-8-13)11-12-15(16)17;;;;;;;;/h7-14,21,23,25,28-29,39-40H,4-6,15-20H2,1-3H3;7-12H,2-6H2,1H3;8*1H4/b;12-11+;;;;;;;;. The summed E-state index contributed by atoms with van der Waals surface area (Å²) in [7, 11) is 0. The number of amides is 2. The molecule has 408 valence electrons. The molecule has 3 aromatic rings. The zero-order chi connectivity index (χ0) is 46.5. The van der Waals surface area contributed by atoms with Crippen LogP contribution in [0.25, 0.3) is 6.08 Å². The third kappa shape index (κ3) is 26.7. The predicted octanol–water partition coefficient (Wildman–Crippen LogP) is 15.6. The number of allylic oxidation sites excluding steroid dienone is 1. The fourth-order valence-corrected chi connectivity index (χ4v) is 7.61. The number of nitrogens with zero attached hydrogens (tertiary/aromatic N) is 1. The quantitative estimate of drug-likeness (QED) is 0.0311. The molecule has 5 unspecified atom stereocenters. The fourth-order valence-electron chi connectivity index (χ4n) is 7.54. The second-order valence-electron chi connectivity index (χ2n) is 16.0. The summed E-state index contributed by atoms with van der Waals surface area (Å²) in [6.45, 7) is 5.82. The average molecular weight is 1030 g/mol. The van der Waals surface area contributed by atoms with Gasteiger partial charge >= 0.3 is 18.1 Å². The molecule has 10 nitrogen and oxygen atoms in total. The predicted molar refractivity (Wildman–Crippen MR) is 289 cm³/mol. The average Bonchev–Trinajstić information content (AvgIpc) is 3.46. The van der Waals surface area contributed by atoms with Crippen molar-refractivity contribution in [3.8, 4) is 11.5 Å². The number of imide groups is 1. The van der Waals surface area contributed by atoms with Crippen LogP contribution in [0, 0.1) is 23.7 Å². The van der Waals surface area contributed by atoms with Crippen molar-refractivity contribution in [2.24, 2.45) is 23.7 Å². The van der Waals surface area contributed by atoms with Gasteiger partial charge in [-0.15, -0.1) is 0 Å². The molecule has 14 heteroatoms. The molecule has 3 aromatic carbocycles. The minimum absolute atomic E-state index is 0. The molecule has 2 amide bonds. The molecule has 1 heterocycles. The van der Waals surface area contributed by atoms with Crippen molar-refractivity contribution in [3.63, 3.8) is 0 Å². The number of hydrogen-bond acceptors (Lipinski definition) is 9. The van der Waals surface area contributed by atoms with Crippen molar-refractivity contribution >= 4 is 46.7 Å². The van der Waals surface area contributed by atoms with E-state index in [0.29, 0.717) is 18.4 Å². The van der Waals surface area contributed by atoms with Crippen LogP contribution in [-0.2, 0) is 46.3 Å². The van der Waals surface area contributed by atoms with Gasteiger partial charge in [0.25, 0.3) is 0 Å². The minimum Gasteiger partial charge on any atom is -0.508 e. The lowest BCUT2D eigenvalue weighted by Crippen LogP contribution is -2.35. The van der Waals surface area contributed by atoms with Gasteiger partial charge in [0.05, 0.1) is 24.4 Å². The van der Waals surface area contributed by atoms with Gasteiger partial charge < -0.3 is 19.7 Å². The topological polar surface area (TPSA) is 148 Å². The summed E-state index contributed by atoms with van der Waals surface area (Å²) >= 11 is 5.23. The van der Waals surface area contributed by atoms with Crippen LogP contribution in [0.3, 0.4) is 0 Å². The molecule has 0 aromatic heterocycles. The summed E-state index contributed by atoms with van der Waals surface area (Å²) in [6, 6.07) is 20.7. The molecule has 2 N–H and O–H groups in total. The Bertz CT molecular complexity index is 1940. The second-order valence-corrected chi connectivity index (χ2v) is 16.3. The highest BCUT2D eigenvalue weighted by Gasteiger charge is 2.50. The van der Waals surface area contributed by atoms with E-state index in [-0.39, 0.29) is 109 Å². The third-order valence-electron chi connectivity index (χ3n) is 11.2. The number of ether oxygens (including phenoxy) is 2. The van der Waals surface area contributed by atoms with Crippen LogP contribution in [-0.4, -0.2) is 70.0 Å². The Labute approximate surface area is 432 Å². The fraction of sp³-hybridized carbons (Fsp3) is 0.561. The van der Waals surface area contributed by atoms with E-state index in [1.807, 2.05) is 19.1 Å². The number of halogens is 4. The first kappa shape index (κ1) is 77.3. The first-order chi connectivity index (χ1) is 30.0. The van der Waals surface area contributed by atoms with Gasteiger partial charge in [-0.3, -0.25) is 28.9 Å². The van der Waals surface area contributed by atoms with E-state index in [1.165, 1.54) is 66.5 Å². The summed E-state index contributed by atoms with van der Waals surface area (Å²) in [5.41, 5.74) is 3.74. The molecular formula is C57H93ClF3NO9. The van der Waals surface area contributed by atoms with Crippen molar-refractivity contribution in [1.29, 1.82) is 0 Å². The third-order valence-corrected chi connectivity index (χ3v) is 11.3. The highest BCUT2D eigenvalue weighted by atomic mass is 35.5. The number of likely N-dealkylation sites (tertiary alicyclic amines) is 1. The van der Waals surface area contributed by atoms with Crippen LogP contribution in [0.5, 0.6) is 11.5 Å². The molecule has 0 radical (unpaired) electrons. The van der Waals surface area contributed by atoms with Crippen LogP contribution in [0.15, 0.2) is 78.9 Å².